The van der Waals surface area contributed by atoms with E-state index in [2.05, 4.69) is 15.5 Å². The summed E-state index contributed by atoms with van der Waals surface area (Å²) >= 11 is 0. The number of benzene rings is 1. The largest absolute Gasteiger partial charge is 0.420 e. The van der Waals surface area contributed by atoms with Gasteiger partial charge in [-0.2, -0.15) is 13.2 Å². The lowest BCUT2D eigenvalue weighted by Crippen LogP contribution is -2.32. The standard InChI is InChI=1S/C25H31F3N4O/c1-16-22(25(26,27)28)24(31-30-23(16)18-5-3-2-4-6-18)29-21-11-19-14-32(15-20(19)12-21)13-17-7-9-33-10-8-17/h2-6,17,19-21H,7-15H2,1H3,(H,29,31)/t19-,20+,21?/i13D2. The molecule has 3 fully saturated rings. The number of halogens is 3. The molecular formula is C25H31F3N4O. The number of hydrogen-bond acceptors (Lipinski definition) is 5. The lowest BCUT2D eigenvalue weighted by atomic mass is 10.00. The van der Waals surface area contributed by atoms with E-state index in [1.54, 1.807) is 30.3 Å². The van der Waals surface area contributed by atoms with E-state index in [4.69, 9.17) is 7.48 Å². The Morgan fingerprint density at radius 1 is 1.09 bits per heavy atom. The van der Waals surface area contributed by atoms with Gasteiger partial charge in [0.05, 0.1) is 5.69 Å². The van der Waals surface area contributed by atoms with Crippen LogP contribution in [0.4, 0.5) is 19.0 Å². The Morgan fingerprint density at radius 3 is 2.39 bits per heavy atom. The van der Waals surface area contributed by atoms with Crippen molar-refractivity contribution in [1.82, 2.24) is 15.1 Å². The molecular weight excluding hydrogens is 429 g/mol. The quantitative estimate of drug-likeness (QED) is 0.676. The molecule has 1 aromatic carbocycles. The van der Waals surface area contributed by atoms with Gasteiger partial charge in [0.1, 0.15) is 5.56 Å². The molecule has 3 aliphatic rings. The maximum Gasteiger partial charge on any atom is 0.420 e. The predicted molar refractivity (Wildman–Crippen MR) is 121 cm³/mol. The van der Waals surface area contributed by atoms with Crippen molar-refractivity contribution in [3.8, 4) is 11.3 Å². The van der Waals surface area contributed by atoms with Crippen LogP contribution in [0.2, 0.25) is 0 Å². The summed E-state index contributed by atoms with van der Waals surface area (Å²) in [5, 5.41) is 11.2. The molecule has 178 valence electrons. The van der Waals surface area contributed by atoms with Crippen molar-refractivity contribution in [2.45, 2.75) is 44.8 Å². The highest BCUT2D eigenvalue weighted by Crippen LogP contribution is 2.43. The van der Waals surface area contributed by atoms with Gasteiger partial charge in [0.15, 0.2) is 5.82 Å². The average Bonchev–Trinajstić information content (AvgIpc) is 3.39. The first-order valence-corrected chi connectivity index (χ1v) is 11.7. The molecule has 3 atom stereocenters. The molecule has 3 heterocycles. The summed E-state index contributed by atoms with van der Waals surface area (Å²) in [4.78, 5) is 1.95. The summed E-state index contributed by atoms with van der Waals surface area (Å²) in [6.45, 7) is 2.54. The Bertz CT molecular complexity index is 1030. The van der Waals surface area contributed by atoms with Crippen molar-refractivity contribution < 1.29 is 20.6 Å². The molecule has 5 nitrogen and oxygen atoms in total. The van der Waals surface area contributed by atoms with Crippen LogP contribution in [0.15, 0.2) is 30.3 Å². The molecule has 33 heavy (non-hydrogen) atoms. The maximum absolute atomic E-state index is 14.1. The summed E-state index contributed by atoms with van der Waals surface area (Å²) in [6, 6.07) is 8.65. The van der Waals surface area contributed by atoms with Crippen LogP contribution < -0.4 is 5.32 Å². The Kier molecular flexibility index (Phi) is 5.64. The van der Waals surface area contributed by atoms with E-state index >= 15 is 0 Å². The Labute approximate surface area is 195 Å². The molecule has 1 aliphatic carbocycles. The number of ether oxygens (including phenoxy) is 1. The first-order chi connectivity index (χ1) is 16.6. The fourth-order valence-corrected chi connectivity index (χ4v) is 5.64. The normalized spacial score (nSPS) is 27.8. The van der Waals surface area contributed by atoms with E-state index in [1.807, 2.05) is 4.90 Å². The van der Waals surface area contributed by atoms with Crippen molar-refractivity contribution >= 4 is 5.82 Å². The van der Waals surface area contributed by atoms with Gasteiger partial charge >= 0.3 is 6.18 Å². The van der Waals surface area contributed by atoms with Gasteiger partial charge in [-0.15, -0.1) is 10.2 Å². The van der Waals surface area contributed by atoms with Crippen molar-refractivity contribution in [3.05, 3.63) is 41.5 Å². The van der Waals surface area contributed by atoms with Crippen LogP contribution in [0.25, 0.3) is 11.3 Å². The number of rotatable bonds is 5. The van der Waals surface area contributed by atoms with Crippen LogP contribution in [-0.4, -0.2) is 53.9 Å². The Morgan fingerprint density at radius 2 is 1.76 bits per heavy atom. The van der Waals surface area contributed by atoms with Gasteiger partial charge in [-0.05, 0) is 55.9 Å². The minimum Gasteiger partial charge on any atom is -0.381 e. The number of alkyl halides is 3. The monoisotopic (exact) mass is 462 g/mol. The van der Waals surface area contributed by atoms with Crippen molar-refractivity contribution in [3.63, 3.8) is 0 Å². The van der Waals surface area contributed by atoms with E-state index in [9.17, 15) is 13.2 Å². The fraction of sp³-hybridized carbons (Fsp3) is 0.600. The van der Waals surface area contributed by atoms with Gasteiger partial charge in [-0.25, -0.2) is 0 Å². The summed E-state index contributed by atoms with van der Waals surface area (Å²) in [6.07, 6.45) is -1.72. The van der Waals surface area contributed by atoms with Crippen molar-refractivity contribution in [1.29, 1.82) is 0 Å². The smallest absolute Gasteiger partial charge is 0.381 e. The molecule has 0 radical (unpaired) electrons. The van der Waals surface area contributed by atoms with Crippen LogP contribution in [0.1, 0.15) is 39.6 Å². The number of nitrogens with zero attached hydrogens (tertiary/aromatic N) is 3. The minimum absolute atomic E-state index is 0.0419. The molecule has 1 aromatic heterocycles. The Hall–Kier alpha value is -2.19. The highest BCUT2D eigenvalue weighted by Gasteiger charge is 2.43. The first kappa shape index (κ1) is 20.2. The van der Waals surface area contributed by atoms with Gasteiger partial charge < -0.3 is 15.0 Å². The molecule has 0 spiro atoms. The zero-order chi connectivity index (χ0) is 24.8. The summed E-state index contributed by atoms with van der Waals surface area (Å²) < 4.78 is 65.1. The molecule has 2 aliphatic heterocycles. The average molecular weight is 463 g/mol. The molecule has 5 rings (SSSR count). The van der Waals surface area contributed by atoms with E-state index < -0.39 is 18.2 Å². The summed E-state index contributed by atoms with van der Waals surface area (Å²) in [5.41, 5.74) is 0.137. The minimum atomic E-state index is -4.56. The number of anilines is 1. The summed E-state index contributed by atoms with van der Waals surface area (Å²) in [5.74, 6) is 0.262. The SMILES string of the molecule is [2H]C([2H])(C1CCOCC1)N1C[C@H]2CC(Nc3nnc(-c4ccccc4)c(C)c3C(F)(F)F)C[C@H]2C1. The van der Waals surface area contributed by atoms with Crippen LogP contribution in [0.3, 0.4) is 0 Å². The van der Waals surface area contributed by atoms with E-state index in [0.29, 0.717) is 44.7 Å². The lowest BCUT2D eigenvalue weighted by molar-refractivity contribution is -0.137. The number of nitrogens with one attached hydrogen (secondary N) is 1. The molecule has 2 aromatic rings. The second-order valence-corrected chi connectivity index (χ2v) is 9.51. The molecule has 0 bridgehead atoms. The van der Waals surface area contributed by atoms with Gasteiger partial charge in [0.25, 0.3) is 0 Å². The molecule has 1 unspecified atom stereocenters. The third kappa shape index (κ3) is 4.87. The molecule has 2 saturated heterocycles. The number of likely N-dealkylation sites (tertiary alicyclic amines) is 1. The second-order valence-electron chi connectivity index (χ2n) is 9.51. The van der Waals surface area contributed by atoms with Crippen molar-refractivity contribution in [2.75, 3.05) is 38.1 Å². The second kappa shape index (κ2) is 9.22. The number of hydrogen-bond donors (Lipinski definition) is 1. The summed E-state index contributed by atoms with van der Waals surface area (Å²) in [7, 11) is 0. The highest BCUT2D eigenvalue weighted by molar-refractivity contribution is 5.67. The van der Waals surface area contributed by atoms with E-state index in [-0.39, 0.29) is 40.9 Å². The van der Waals surface area contributed by atoms with Gasteiger partial charge in [0.2, 0.25) is 0 Å². The predicted octanol–water partition coefficient (Wildman–Crippen LogP) is 5.02. The zero-order valence-electron chi connectivity index (χ0n) is 20.7. The molecule has 1 N–H and O–H groups in total. The number of fused-ring (bicyclic) bond motifs is 1. The van der Waals surface area contributed by atoms with E-state index in [0.717, 1.165) is 12.8 Å². The van der Waals surface area contributed by atoms with Gasteiger partial charge in [-0.1, -0.05) is 30.3 Å². The molecule has 1 saturated carbocycles. The van der Waals surface area contributed by atoms with Crippen molar-refractivity contribution in [2.24, 2.45) is 17.8 Å². The fourth-order valence-electron chi connectivity index (χ4n) is 5.64. The molecule has 8 heteroatoms. The maximum atomic E-state index is 14.1. The first-order valence-electron chi connectivity index (χ1n) is 12.7. The zero-order valence-corrected chi connectivity index (χ0v) is 18.7. The third-order valence-electron chi connectivity index (χ3n) is 7.23. The highest BCUT2D eigenvalue weighted by atomic mass is 19.4. The van der Waals surface area contributed by atoms with Gasteiger partial charge in [0, 0.05) is 47.1 Å². The van der Waals surface area contributed by atoms with Crippen LogP contribution in [-0.2, 0) is 10.9 Å². The van der Waals surface area contributed by atoms with E-state index in [1.165, 1.54) is 6.92 Å². The Balaban J connectivity index is 1.30. The third-order valence-corrected chi connectivity index (χ3v) is 7.23. The van der Waals surface area contributed by atoms with Crippen LogP contribution >= 0.6 is 0 Å². The number of aromatic nitrogens is 2. The van der Waals surface area contributed by atoms with Crippen LogP contribution in [0.5, 0.6) is 0 Å². The molecule has 0 amide bonds. The lowest BCUT2D eigenvalue weighted by Gasteiger charge is -2.28. The van der Waals surface area contributed by atoms with Gasteiger partial charge in [-0.3, -0.25) is 0 Å². The topological polar surface area (TPSA) is 50.3 Å². The van der Waals surface area contributed by atoms with Crippen LogP contribution in [0, 0.1) is 24.7 Å².